The Morgan fingerprint density at radius 2 is 1.24 bits per heavy atom. The predicted molar refractivity (Wildman–Crippen MR) is 154 cm³/mol. The van der Waals surface area contributed by atoms with Crippen LogP contribution in [0.5, 0.6) is 0 Å². The van der Waals surface area contributed by atoms with Gasteiger partial charge in [0.05, 0.1) is 11.4 Å². The van der Waals surface area contributed by atoms with Gasteiger partial charge in [-0.15, -0.1) is 0 Å². The van der Waals surface area contributed by atoms with E-state index >= 15 is 0 Å². The molecule has 186 valence electrons. The lowest BCUT2D eigenvalue weighted by Crippen LogP contribution is -2.15. The number of aryl methyl sites for hydroxylation is 2. The molecule has 3 aromatic heterocycles. The summed E-state index contributed by atoms with van der Waals surface area (Å²) in [5.41, 5.74) is 19.0. The van der Waals surface area contributed by atoms with Gasteiger partial charge < -0.3 is 9.97 Å². The maximum absolute atomic E-state index is 5.18. The maximum Gasteiger partial charge on any atom is 0.0690 e. The van der Waals surface area contributed by atoms with E-state index in [0.29, 0.717) is 11.8 Å². The molecule has 0 saturated heterocycles. The third kappa shape index (κ3) is 3.02. The van der Waals surface area contributed by atoms with Crippen molar-refractivity contribution in [3.8, 4) is 0 Å². The van der Waals surface area contributed by atoms with Crippen molar-refractivity contribution >= 4 is 33.2 Å². The summed E-state index contributed by atoms with van der Waals surface area (Å²) in [5, 5.41) is 0. The number of aromatic amines is 2. The number of nitrogens with zero attached hydrogens (tertiary/aromatic N) is 2. The zero-order chi connectivity index (χ0) is 26.0. The first-order valence-electron chi connectivity index (χ1n) is 13.3. The average molecular weight is 487 g/mol. The molecule has 2 atom stereocenters. The number of hydrogen-bond acceptors (Lipinski definition) is 2. The Balaban J connectivity index is 1.65. The van der Waals surface area contributed by atoms with Crippen molar-refractivity contribution in [1.29, 1.82) is 0 Å². The highest BCUT2D eigenvalue weighted by Crippen LogP contribution is 2.60. The molecule has 1 fully saturated rings. The first kappa shape index (κ1) is 22.5. The molecular weight excluding hydrogens is 452 g/mol. The van der Waals surface area contributed by atoms with Crippen molar-refractivity contribution in [2.45, 2.75) is 71.6 Å². The Morgan fingerprint density at radius 3 is 1.86 bits per heavy atom. The van der Waals surface area contributed by atoms with Gasteiger partial charge in [-0.2, -0.15) is 0 Å². The molecule has 0 amide bonds. The van der Waals surface area contributed by atoms with Gasteiger partial charge in [-0.3, -0.25) is 4.98 Å². The Bertz CT molecular complexity index is 1790. The minimum absolute atomic E-state index is 0.0418. The topological polar surface area (TPSA) is 57.4 Å². The minimum Gasteiger partial charge on any atom is -0.355 e. The van der Waals surface area contributed by atoms with E-state index in [1.165, 1.54) is 50.1 Å². The van der Waals surface area contributed by atoms with E-state index < -0.39 is 0 Å². The number of hydrogen-bond donors (Lipinski definition) is 2. The number of aromatic nitrogens is 4. The second kappa shape index (κ2) is 7.22. The van der Waals surface area contributed by atoms with Crippen molar-refractivity contribution in [1.82, 2.24) is 19.9 Å². The molecule has 7 rings (SSSR count). The van der Waals surface area contributed by atoms with E-state index in [2.05, 4.69) is 88.9 Å². The first-order valence-corrected chi connectivity index (χ1v) is 13.3. The van der Waals surface area contributed by atoms with Gasteiger partial charge in [0.25, 0.3) is 0 Å². The van der Waals surface area contributed by atoms with Gasteiger partial charge in [-0.25, -0.2) is 4.98 Å². The molecule has 5 heterocycles. The fourth-order valence-electron chi connectivity index (χ4n) is 6.87. The highest BCUT2D eigenvalue weighted by Gasteiger charge is 2.45. The molecule has 37 heavy (non-hydrogen) atoms. The zero-order valence-corrected chi connectivity index (χ0v) is 22.7. The lowest BCUT2D eigenvalue weighted by atomic mass is 9.85. The lowest BCUT2D eigenvalue weighted by molar-refractivity contribution is 0.543. The molecule has 4 aliphatic rings. The average Bonchev–Trinajstić information content (AvgIpc) is 3.63. The number of nitrogens with one attached hydrogen (secondary N) is 2. The molecule has 1 saturated carbocycles. The van der Waals surface area contributed by atoms with Crippen LogP contribution in [0.15, 0.2) is 48.6 Å². The van der Waals surface area contributed by atoms with Crippen molar-refractivity contribution in [3.05, 3.63) is 93.6 Å². The van der Waals surface area contributed by atoms with Crippen molar-refractivity contribution < 1.29 is 0 Å². The van der Waals surface area contributed by atoms with Gasteiger partial charge in [0.1, 0.15) is 0 Å². The van der Waals surface area contributed by atoms with E-state index in [1.807, 2.05) is 0 Å². The number of fused-ring (bicyclic) bond motifs is 15. The summed E-state index contributed by atoms with van der Waals surface area (Å²) in [4.78, 5) is 17.8. The fourth-order valence-corrected chi connectivity index (χ4v) is 6.87. The standard InChI is InChI=1S/C33H34N4/c1-15-16(2)23-10-22(15)31-28-12-27-20(6)19(5)26(36-27)11-25-18(4)17(3)24(35-25)9-21-14-33(7,8)30(34-21)13-29(37-28)32(23)31/h9,11-13,22-23,35,37H,1-2,10,14H2,3-8H3/t22-,23+/m0/s1. The normalized spacial score (nSPS) is 21.8. The third-order valence-corrected chi connectivity index (χ3v) is 9.51. The molecule has 0 unspecified atom stereocenters. The van der Waals surface area contributed by atoms with Crippen LogP contribution in [0.25, 0.3) is 33.2 Å². The van der Waals surface area contributed by atoms with Crippen LogP contribution >= 0.6 is 0 Å². The van der Waals surface area contributed by atoms with Crippen LogP contribution in [0.4, 0.5) is 0 Å². The van der Waals surface area contributed by atoms with Crippen LogP contribution in [0, 0.1) is 13.8 Å². The van der Waals surface area contributed by atoms with Gasteiger partial charge in [-0.1, -0.05) is 27.0 Å². The number of allylic oxidation sites excluding steroid dienone is 4. The van der Waals surface area contributed by atoms with E-state index in [0.717, 1.165) is 52.2 Å². The Labute approximate surface area is 218 Å². The number of H-pyrrole nitrogens is 2. The van der Waals surface area contributed by atoms with Crippen LogP contribution in [-0.4, -0.2) is 19.9 Å². The highest BCUT2D eigenvalue weighted by atomic mass is 14.8. The zero-order valence-electron chi connectivity index (χ0n) is 22.7. The van der Waals surface area contributed by atoms with Gasteiger partial charge in [0.15, 0.2) is 0 Å². The number of rotatable bonds is 0. The van der Waals surface area contributed by atoms with Gasteiger partial charge >= 0.3 is 0 Å². The Hall–Kier alpha value is -3.66. The second-order valence-electron chi connectivity index (χ2n) is 12.1. The molecule has 10 bridgehead atoms. The third-order valence-electron chi connectivity index (χ3n) is 9.51. The summed E-state index contributed by atoms with van der Waals surface area (Å²) in [6, 6.07) is 8.99. The van der Waals surface area contributed by atoms with Crippen molar-refractivity contribution in [2.24, 2.45) is 0 Å². The fraction of sp³-hybridized carbons (Fsp3) is 0.333. The largest absolute Gasteiger partial charge is 0.355 e. The maximum atomic E-state index is 5.18. The molecule has 0 radical (unpaired) electrons. The van der Waals surface area contributed by atoms with Gasteiger partial charge in [0, 0.05) is 57.1 Å². The molecular formula is C33H34N4. The van der Waals surface area contributed by atoms with E-state index in [4.69, 9.17) is 9.97 Å². The quantitative estimate of drug-likeness (QED) is 0.337. The summed E-state index contributed by atoms with van der Waals surface area (Å²) >= 11 is 0. The van der Waals surface area contributed by atoms with E-state index in [1.54, 1.807) is 0 Å². The van der Waals surface area contributed by atoms with Gasteiger partial charge in [0.2, 0.25) is 0 Å². The SMILES string of the molecule is C=C1C(=C)[C@@H]2C[C@H]1c1c2c2cc3nc(cc4[nH]c(cc5nc(cc1[nH]2)C(C)(C)C5)c(C)c4C)C(C)=C3C. The first-order chi connectivity index (χ1) is 17.5. The highest BCUT2D eigenvalue weighted by molar-refractivity contribution is 5.92. The second-order valence-corrected chi connectivity index (χ2v) is 12.1. The Kier molecular flexibility index (Phi) is 4.40. The molecule has 4 heteroatoms. The van der Waals surface area contributed by atoms with Crippen LogP contribution in [-0.2, 0) is 11.8 Å². The van der Waals surface area contributed by atoms with Crippen LogP contribution in [0.3, 0.4) is 0 Å². The van der Waals surface area contributed by atoms with Gasteiger partial charge in [-0.05, 0) is 103 Å². The molecule has 2 aliphatic heterocycles. The monoisotopic (exact) mass is 486 g/mol. The molecule has 2 N–H and O–H groups in total. The van der Waals surface area contributed by atoms with Crippen LogP contribution in [0.2, 0.25) is 0 Å². The van der Waals surface area contributed by atoms with E-state index in [9.17, 15) is 0 Å². The van der Waals surface area contributed by atoms with Crippen molar-refractivity contribution in [3.63, 3.8) is 0 Å². The molecule has 2 aliphatic carbocycles. The summed E-state index contributed by atoms with van der Waals surface area (Å²) in [5.74, 6) is 0.666. The lowest BCUT2D eigenvalue weighted by Gasteiger charge is -2.18. The molecule has 0 aromatic carbocycles. The van der Waals surface area contributed by atoms with Crippen LogP contribution < -0.4 is 0 Å². The molecule has 0 spiro atoms. The minimum atomic E-state index is -0.0418. The van der Waals surface area contributed by atoms with Crippen LogP contribution in [0.1, 0.15) is 91.0 Å². The smallest absolute Gasteiger partial charge is 0.0690 e. The summed E-state index contributed by atoms with van der Waals surface area (Å²) in [6.45, 7) is 22.2. The summed E-state index contributed by atoms with van der Waals surface area (Å²) < 4.78 is 0. The van der Waals surface area contributed by atoms with Crippen molar-refractivity contribution in [2.75, 3.05) is 0 Å². The predicted octanol–water partition coefficient (Wildman–Crippen LogP) is 8.10. The van der Waals surface area contributed by atoms with E-state index in [-0.39, 0.29) is 5.41 Å². The summed E-state index contributed by atoms with van der Waals surface area (Å²) in [6.07, 6.45) is 2.00. The Morgan fingerprint density at radius 1 is 0.730 bits per heavy atom. The molecule has 3 aromatic rings. The summed E-state index contributed by atoms with van der Waals surface area (Å²) in [7, 11) is 0. The molecule has 4 nitrogen and oxygen atoms in total.